The Balaban J connectivity index is 2.17. The highest BCUT2D eigenvalue weighted by molar-refractivity contribution is 5.83. The number of likely N-dealkylation sites (N-methyl/N-ethyl adjacent to an activating group) is 1. The van der Waals surface area contributed by atoms with Gasteiger partial charge in [-0.1, -0.05) is 27.7 Å². The van der Waals surface area contributed by atoms with Crippen LogP contribution in [-0.4, -0.2) is 177 Å². The fraction of sp³-hybridized carbons (Fsp3) is 0.953. The van der Waals surface area contributed by atoms with Crippen LogP contribution in [0.4, 0.5) is 0 Å². The number of esters is 1. The average molecular weight is 833 g/mol. The van der Waals surface area contributed by atoms with E-state index in [0.29, 0.717) is 13.0 Å². The molecule has 3 heterocycles. The van der Waals surface area contributed by atoms with Crippen LogP contribution in [0.5, 0.6) is 0 Å². The molecule has 0 spiro atoms. The van der Waals surface area contributed by atoms with Gasteiger partial charge in [-0.05, 0) is 102 Å². The quantitative estimate of drug-likeness (QED) is 0.182. The zero-order valence-electron chi connectivity index (χ0n) is 38.4. The summed E-state index contributed by atoms with van der Waals surface area (Å²) in [6.07, 6.45) is -6.81. The van der Waals surface area contributed by atoms with E-state index in [2.05, 4.69) is 4.90 Å². The third-order valence-electron chi connectivity index (χ3n) is 13.3. The smallest absolute Gasteiger partial charge is 0.311 e. The molecule has 15 heteroatoms. The zero-order chi connectivity index (χ0) is 44.1. The third-order valence-corrected chi connectivity index (χ3v) is 13.3. The van der Waals surface area contributed by atoms with E-state index in [1.54, 1.807) is 34.8 Å². The fourth-order valence-corrected chi connectivity index (χ4v) is 9.48. The summed E-state index contributed by atoms with van der Waals surface area (Å²) >= 11 is 0. The molecule has 3 aliphatic rings. The van der Waals surface area contributed by atoms with Gasteiger partial charge >= 0.3 is 5.97 Å². The van der Waals surface area contributed by atoms with Gasteiger partial charge in [-0.25, -0.2) is 0 Å². The number of ketones is 1. The third kappa shape index (κ3) is 11.8. The first-order valence-corrected chi connectivity index (χ1v) is 21.4. The van der Waals surface area contributed by atoms with Gasteiger partial charge in [0.25, 0.3) is 0 Å². The molecule has 0 aromatic heterocycles. The first kappa shape index (κ1) is 51.0. The Kier molecular flexibility index (Phi) is 18.6. The lowest BCUT2D eigenvalue weighted by Crippen LogP contribution is -2.61. The summed E-state index contributed by atoms with van der Waals surface area (Å²) in [5, 5.41) is 35.0. The van der Waals surface area contributed by atoms with Crippen molar-refractivity contribution in [2.75, 3.05) is 55.6 Å². The van der Waals surface area contributed by atoms with Crippen molar-refractivity contribution in [3.8, 4) is 0 Å². The monoisotopic (exact) mass is 833 g/mol. The van der Waals surface area contributed by atoms with Crippen LogP contribution in [0.1, 0.15) is 101 Å². The van der Waals surface area contributed by atoms with Gasteiger partial charge in [-0.2, -0.15) is 0 Å². The molecule has 58 heavy (non-hydrogen) atoms. The van der Waals surface area contributed by atoms with Gasteiger partial charge < -0.3 is 63.0 Å². The minimum atomic E-state index is -1.96. The number of cyclic esters (lactones) is 1. The minimum Gasteiger partial charge on any atom is -0.459 e. The van der Waals surface area contributed by atoms with Crippen molar-refractivity contribution < 1.29 is 62.8 Å². The summed E-state index contributed by atoms with van der Waals surface area (Å²) in [6.45, 7) is 19.0. The maximum Gasteiger partial charge on any atom is 0.311 e. The summed E-state index contributed by atoms with van der Waals surface area (Å²) in [6, 6.07) is -0.277. The molecule has 3 rings (SSSR count). The van der Waals surface area contributed by atoms with Gasteiger partial charge in [-0.15, -0.1) is 0 Å². The highest BCUT2D eigenvalue weighted by Crippen LogP contribution is 2.42. The van der Waals surface area contributed by atoms with E-state index < -0.39 is 102 Å². The van der Waals surface area contributed by atoms with Gasteiger partial charge in [0.05, 0.1) is 47.6 Å². The molecule has 0 saturated carbocycles. The molecule has 0 aliphatic carbocycles. The van der Waals surface area contributed by atoms with Crippen molar-refractivity contribution in [1.29, 1.82) is 0 Å². The van der Waals surface area contributed by atoms with Crippen LogP contribution in [0.15, 0.2) is 0 Å². The molecule has 3 aliphatic heterocycles. The number of carbonyl (C=O) groups is 2. The van der Waals surface area contributed by atoms with Crippen molar-refractivity contribution in [2.45, 2.75) is 186 Å². The molecule has 0 bridgehead atoms. The van der Waals surface area contributed by atoms with E-state index in [-0.39, 0.29) is 37.2 Å². The molecule has 0 aromatic rings. The van der Waals surface area contributed by atoms with E-state index in [1.807, 2.05) is 67.7 Å². The fourth-order valence-electron chi connectivity index (χ4n) is 9.48. The van der Waals surface area contributed by atoms with E-state index in [0.717, 1.165) is 13.0 Å². The van der Waals surface area contributed by atoms with Crippen molar-refractivity contribution in [1.82, 2.24) is 9.80 Å². The predicted molar refractivity (Wildman–Crippen MR) is 218 cm³/mol. The molecule has 15 nitrogen and oxygen atoms in total. The minimum absolute atomic E-state index is 0.125. The topological polar surface area (TPSA) is 175 Å². The lowest BCUT2D eigenvalue weighted by Gasteiger charge is -2.50. The number of ether oxygens (including phenoxy) is 8. The van der Waals surface area contributed by atoms with Crippen LogP contribution in [0, 0.1) is 23.7 Å². The van der Waals surface area contributed by atoms with E-state index in [9.17, 15) is 24.9 Å². The largest absolute Gasteiger partial charge is 0.459 e. The van der Waals surface area contributed by atoms with Crippen molar-refractivity contribution in [3.05, 3.63) is 0 Å². The molecular weight excluding hydrogens is 752 g/mol. The van der Waals surface area contributed by atoms with Gasteiger partial charge in [0.2, 0.25) is 0 Å². The first-order chi connectivity index (χ1) is 26.9. The second-order valence-corrected chi connectivity index (χ2v) is 18.6. The maximum absolute atomic E-state index is 14.4. The van der Waals surface area contributed by atoms with Crippen molar-refractivity contribution >= 4 is 11.8 Å². The average Bonchev–Trinajstić information content (AvgIpc) is 3.16. The van der Waals surface area contributed by atoms with Crippen LogP contribution in [-0.2, 0) is 47.5 Å². The zero-order valence-corrected chi connectivity index (χ0v) is 38.4. The Morgan fingerprint density at radius 3 is 2.00 bits per heavy atom. The van der Waals surface area contributed by atoms with Gasteiger partial charge in [0.15, 0.2) is 12.6 Å². The molecule has 18 atom stereocenters. The highest BCUT2D eigenvalue weighted by Gasteiger charge is 2.54. The molecule has 0 radical (unpaired) electrons. The Morgan fingerprint density at radius 2 is 1.45 bits per heavy atom. The molecule has 340 valence electrons. The normalized spacial score (nSPS) is 45.3. The molecule has 0 aromatic carbocycles. The van der Waals surface area contributed by atoms with Gasteiger partial charge in [0, 0.05) is 51.0 Å². The SMILES string of the molecule is CC[C@H]1OC(=O)[C@H](C)[C@@H](OC2CC(C)(OC)C(OCCCN(C)C)C(C)O2)[C@H](C)[C@@H](OC2OC(C)CC(N(C)C)C2O)[C@](C)(OC)C[C@@H](C)C(=O)[C@H](C)[C@@H](O)[C@]1(C)O. The van der Waals surface area contributed by atoms with Gasteiger partial charge in [-0.3, -0.25) is 9.59 Å². The van der Waals surface area contributed by atoms with E-state index >= 15 is 0 Å². The van der Waals surface area contributed by atoms with E-state index in [4.69, 9.17) is 37.9 Å². The predicted octanol–water partition coefficient (Wildman–Crippen LogP) is 3.42. The number of rotatable bonds is 13. The summed E-state index contributed by atoms with van der Waals surface area (Å²) in [5.41, 5.74) is -4.02. The number of aliphatic hydroxyl groups is 3. The van der Waals surface area contributed by atoms with Crippen molar-refractivity contribution in [3.63, 3.8) is 0 Å². The second kappa shape index (κ2) is 21.2. The van der Waals surface area contributed by atoms with Crippen LogP contribution in [0.25, 0.3) is 0 Å². The van der Waals surface area contributed by atoms with E-state index in [1.165, 1.54) is 14.0 Å². The lowest BCUT2D eigenvalue weighted by atomic mass is 9.74. The Hall–Kier alpha value is -1.34. The number of nitrogens with zero attached hydrogens (tertiary/aromatic N) is 2. The van der Waals surface area contributed by atoms with Crippen LogP contribution >= 0.6 is 0 Å². The Morgan fingerprint density at radius 1 is 0.845 bits per heavy atom. The molecule has 3 fully saturated rings. The van der Waals surface area contributed by atoms with Gasteiger partial charge in [0.1, 0.15) is 29.7 Å². The standard InChI is InChI=1S/C43H80N2O13/c1-17-31-43(10,50)36(48)26(4)33(46)24(2)22-41(8,51-15)37(58-40-34(47)30(45(13)14)21-25(3)54-40)27(5)35(28(6)39(49)56-31)57-32-23-42(9,52-16)38(29(7)55-32)53-20-18-19-44(11)12/h24-32,34-38,40,47-48,50H,17-23H2,1-16H3/t24-,25?,26+,27+,28-,29?,30?,31-,32?,34?,35+,36-,37-,38?,40?,41-,42?,43-/m1/s1. The number of hydrogen-bond acceptors (Lipinski definition) is 15. The first-order valence-electron chi connectivity index (χ1n) is 21.4. The molecular formula is C43H80N2O13. The van der Waals surface area contributed by atoms with Crippen LogP contribution < -0.4 is 0 Å². The highest BCUT2D eigenvalue weighted by atomic mass is 16.7. The molecule has 3 N–H and O–H groups in total. The number of Topliss-reactive ketones (excluding diaryl/α,β-unsaturated/α-hetero) is 1. The molecule has 0 amide bonds. The lowest BCUT2D eigenvalue weighted by molar-refractivity contribution is -0.322. The second-order valence-electron chi connectivity index (χ2n) is 18.6. The maximum atomic E-state index is 14.4. The molecule has 3 saturated heterocycles. The number of methoxy groups -OCH3 is 2. The summed E-state index contributed by atoms with van der Waals surface area (Å²) < 4.78 is 51.6. The summed E-state index contributed by atoms with van der Waals surface area (Å²) in [4.78, 5) is 32.5. The number of hydrogen-bond donors (Lipinski definition) is 3. The van der Waals surface area contributed by atoms with Crippen LogP contribution in [0.2, 0.25) is 0 Å². The summed E-state index contributed by atoms with van der Waals surface area (Å²) in [5.74, 6) is -4.37. The Bertz CT molecular complexity index is 1300. The van der Waals surface area contributed by atoms with Crippen LogP contribution in [0.3, 0.4) is 0 Å². The number of carbonyl (C=O) groups excluding carboxylic acids is 2. The summed E-state index contributed by atoms with van der Waals surface area (Å²) in [7, 11) is 11.0. The number of aliphatic hydroxyl groups excluding tert-OH is 2. The van der Waals surface area contributed by atoms with Crippen molar-refractivity contribution in [2.24, 2.45) is 23.7 Å². The Labute approximate surface area is 348 Å². The molecule has 8 unspecified atom stereocenters.